The lowest BCUT2D eigenvalue weighted by molar-refractivity contribution is -0.146. The first kappa shape index (κ1) is 32.9. The number of aryl methyl sites for hydroxylation is 1. The maximum absolute atomic E-state index is 13.3. The summed E-state index contributed by atoms with van der Waals surface area (Å²) >= 11 is 0. The molecule has 14 heteroatoms. The Morgan fingerprint density at radius 3 is 2.32 bits per heavy atom. The minimum Gasteiger partial charge on any atom is -0.465 e. The highest BCUT2D eigenvalue weighted by molar-refractivity contribution is 7.93. The molecule has 1 saturated carbocycles. The Morgan fingerprint density at radius 1 is 1.13 bits per heavy atom. The van der Waals surface area contributed by atoms with E-state index >= 15 is 0 Å². The maximum atomic E-state index is 13.3. The van der Waals surface area contributed by atoms with E-state index in [1.165, 1.54) is 31.9 Å². The quantitative estimate of drug-likeness (QED) is 0.353. The summed E-state index contributed by atoms with van der Waals surface area (Å²) in [5.41, 5.74) is 1.18. The van der Waals surface area contributed by atoms with Gasteiger partial charge in [0.15, 0.2) is 0 Å². The van der Waals surface area contributed by atoms with E-state index in [0.29, 0.717) is 25.0 Å². The highest BCUT2D eigenvalue weighted by Gasteiger charge is 2.43. The average molecular weight is 498 g/mol. The minimum absolute atomic E-state index is 0.126. The van der Waals surface area contributed by atoms with Crippen molar-refractivity contribution >= 4 is 76.8 Å². The second kappa shape index (κ2) is 16.7. The Bertz CT molecular complexity index is 845. The van der Waals surface area contributed by atoms with Crippen molar-refractivity contribution < 1.29 is 14.3 Å². The van der Waals surface area contributed by atoms with Gasteiger partial charge in [-0.1, -0.05) is 43.2 Å². The van der Waals surface area contributed by atoms with Crippen LogP contribution in [0.25, 0.3) is 0 Å². The molecule has 1 aliphatic heterocycles. The molecule has 1 saturated heterocycles. The Hall–Kier alpha value is -1.30. The summed E-state index contributed by atoms with van der Waals surface area (Å²) in [6.07, 6.45) is 5.88. The predicted molar refractivity (Wildman–Crippen MR) is 166 cm³/mol. The highest BCUT2D eigenvalue weighted by Crippen LogP contribution is 2.39. The number of hydrogen-bond donors (Lipinski definition) is 1. The van der Waals surface area contributed by atoms with Gasteiger partial charge in [0.2, 0.25) is 5.91 Å². The first-order chi connectivity index (χ1) is 18.1. The molecule has 11 radical (unpaired) electrons. The van der Waals surface area contributed by atoms with Gasteiger partial charge in [-0.3, -0.25) is 14.9 Å². The fraction of sp³-hybridized carbons (Fsp3) is 0.667. The number of likely N-dealkylation sites (tertiary alicyclic amines) is 1. The zero-order valence-corrected chi connectivity index (χ0v) is 23.3. The van der Waals surface area contributed by atoms with Crippen LogP contribution in [0.2, 0.25) is 0 Å². The summed E-state index contributed by atoms with van der Waals surface area (Å²) < 4.78 is 5.28. The van der Waals surface area contributed by atoms with Crippen LogP contribution < -0.4 is 5.32 Å². The van der Waals surface area contributed by atoms with Gasteiger partial charge in [-0.05, 0) is 64.4 Å². The Kier molecular flexibility index (Phi) is 14.5. The number of nitrogens with zero attached hydrogens (tertiary/aromatic N) is 1. The highest BCUT2D eigenvalue weighted by atomic mass is 16.5. The fourth-order valence-corrected chi connectivity index (χ4v) is 5.67. The van der Waals surface area contributed by atoms with Crippen molar-refractivity contribution in [2.24, 2.45) is 5.92 Å². The largest absolute Gasteiger partial charge is 0.465 e. The standard InChI is InChI=1S/C24H36N2O3.B9/c1-4-29-24(28)21(15-14-19-10-6-5-7-11-19)25-18(3)23(27)26-17(2)16-20-12-8-9-13-22(20)26;1-6-9(7(2)3)8(4)5/h5-7,10-11,17-18,20-22,25H,4,8-9,12-16H2,1-3H3;/t17-,18+,20-,21+,22+;/m1./s1. The molecule has 2 fully saturated rings. The average Bonchev–Trinajstić information content (AvgIpc) is 3.22. The monoisotopic (exact) mass is 499 g/mol. The normalized spacial score (nSPS) is 21.7. The van der Waals surface area contributed by atoms with Crippen LogP contribution in [0.5, 0.6) is 0 Å². The molecule has 5 atom stereocenters. The van der Waals surface area contributed by atoms with Crippen molar-refractivity contribution in [3.8, 4) is 0 Å². The van der Waals surface area contributed by atoms with Gasteiger partial charge < -0.3 is 9.64 Å². The van der Waals surface area contributed by atoms with E-state index in [4.69, 9.17) is 43.4 Å². The minimum atomic E-state index is -0.574. The van der Waals surface area contributed by atoms with Crippen molar-refractivity contribution in [3.63, 3.8) is 0 Å². The predicted octanol–water partition coefficient (Wildman–Crippen LogP) is 0.281. The van der Waals surface area contributed by atoms with Crippen molar-refractivity contribution in [2.45, 2.75) is 89.9 Å². The van der Waals surface area contributed by atoms with Crippen molar-refractivity contribution in [1.82, 2.24) is 10.2 Å². The summed E-state index contributed by atoms with van der Waals surface area (Å²) in [4.78, 5) is 28.0. The third-order valence-electron chi connectivity index (χ3n) is 7.67. The van der Waals surface area contributed by atoms with Crippen LogP contribution in [0.15, 0.2) is 30.3 Å². The Balaban J connectivity index is 0.000000484. The molecular formula is C24H36B9N2O3. The van der Waals surface area contributed by atoms with Gasteiger partial charge in [-0.2, -0.15) is 0 Å². The van der Waals surface area contributed by atoms with E-state index < -0.39 is 24.9 Å². The second-order valence-electron chi connectivity index (χ2n) is 10.6. The van der Waals surface area contributed by atoms with Crippen molar-refractivity contribution in [3.05, 3.63) is 35.9 Å². The van der Waals surface area contributed by atoms with E-state index in [0.717, 1.165) is 19.3 Å². The first-order valence-corrected chi connectivity index (χ1v) is 14.0. The molecule has 0 bridgehead atoms. The van der Waals surface area contributed by atoms with Crippen molar-refractivity contribution in [2.75, 3.05) is 6.61 Å². The molecule has 3 rings (SSSR count). The molecule has 2 aliphatic rings. The second-order valence-corrected chi connectivity index (χ2v) is 10.6. The SMILES string of the molecule is CCOC(=O)[C@H](CCc1ccccc1)N[C@@H](C)C(=O)N1[C@H](C)C[C@H]2CCCC[C@@H]21.[B][B]B(B([B])[B])B([B])[B]. The molecule has 1 aromatic carbocycles. The molecule has 38 heavy (non-hydrogen) atoms. The van der Waals surface area contributed by atoms with E-state index in [2.05, 4.69) is 29.3 Å². The lowest BCUT2D eigenvalue weighted by Gasteiger charge is -2.35. The van der Waals surface area contributed by atoms with E-state index in [1.807, 2.05) is 32.0 Å². The summed E-state index contributed by atoms with van der Waals surface area (Å²) in [6, 6.07) is 9.90. The van der Waals surface area contributed by atoms with Gasteiger partial charge in [0, 0.05) is 77.0 Å². The molecule has 187 valence electrons. The molecule has 1 amide bonds. The first-order valence-electron chi connectivity index (χ1n) is 14.0. The van der Waals surface area contributed by atoms with Crippen LogP contribution in [0, 0.1) is 5.92 Å². The van der Waals surface area contributed by atoms with Crippen LogP contribution in [-0.2, 0) is 20.7 Å². The van der Waals surface area contributed by atoms with Crippen LogP contribution in [0.3, 0.4) is 0 Å². The molecule has 0 spiro atoms. The van der Waals surface area contributed by atoms with Gasteiger partial charge in [-0.25, -0.2) is 0 Å². The van der Waals surface area contributed by atoms with Crippen LogP contribution in [-0.4, -0.2) is 112 Å². The van der Waals surface area contributed by atoms with Gasteiger partial charge in [-0.15, -0.1) is 0 Å². The summed E-state index contributed by atoms with van der Waals surface area (Å²) in [7, 11) is 27.5. The number of hydrogen-bond acceptors (Lipinski definition) is 4. The number of carbonyl (C=O) groups excluding carboxylic acids is 2. The Morgan fingerprint density at radius 2 is 1.76 bits per heavy atom. The van der Waals surface area contributed by atoms with Gasteiger partial charge in [0.1, 0.15) is 6.04 Å². The van der Waals surface area contributed by atoms with Gasteiger partial charge in [0.05, 0.1) is 12.6 Å². The number of benzene rings is 1. The number of nitrogens with one attached hydrogen (secondary N) is 1. The van der Waals surface area contributed by atoms with Crippen LogP contribution in [0.1, 0.15) is 64.9 Å². The van der Waals surface area contributed by atoms with E-state index in [-0.39, 0.29) is 24.3 Å². The summed E-state index contributed by atoms with van der Waals surface area (Å²) in [5, 5.41) is 3.30. The van der Waals surface area contributed by atoms with Crippen LogP contribution in [0.4, 0.5) is 0 Å². The topological polar surface area (TPSA) is 58.6 Å². The molecule has 5 nitrogen and oxygen atoms in total. The molecule has 0 unspecified atom stereocenters. The maximum Gasteiger partial charge on any atom is 0.323 e. The fourth-order valence-electron chi connectivity index (χ4n) is 5.67. The number of ether oxygens (including phenoxy) is 1. The number of amides is 1. The molecular weight excluding hydrogens is 462 g/mol. The lowest BCUT2D eigenvalue weighted by Crippen LogP contribution is -2.55. The van der Waals surface area contributed by atoms with Gasteiger partial charge >= 0.3 is 5.97 Å². The third-order valence-corrected chi connectivity index (χ3v) is 7.67. The lowest BCUT2D eigenvalue weighted by atomic mass is 8.64. The van der Waals surface area contributed by atoms with Gasteiger partial charge in [0.25, 0.3) is 0 Å². The number of fused-ring (bicyclic) bond motifs is 1. The van der Waals surface area contributed by atoms with E-state index in [1.54, 1.807) is 0 Å². The Labute approximate surface area is 239 Å². The van der Waals surface area contributed by atoms with E-state index in [9.17, 15) is 9.59 Å². The molecule has 1 heterocycles. The van der Waals surface area contributed by atoms with Crippen LogP contribution >= 0.6 is 0 Å². The smallest absolute Gasteiger partial charge is 0.323 e. The molecule has 1 N–H and O–H groups in total. The zero-order valence-electron chi connectivity index (χ0n) is 23.3. The third kappa shape index (κ3) is 9.71. The number of carbonyl (C=O) groups is 2. The zero-order chi connectivity index (χ0) is 28.2. The molecule has 0 aromatic heterocycles. The van der Waals surface area contributed by atoms with Crippen molar-refractivity contribution in [1.29, 1.82) is 0 Å². The summed E-state index contributed by atoms with van der Waals surface area (Å²) in [5.74, 6) is 0.503. The number of rotatable bonds is 11. The summed E-state index contributed by atoms with van der Waals surface area (Å²) in [6.45, 7) is 6.22. The number of esters is 1. The molecule has 1 aliphatic carbocycles. The molecule has 1 aromatic rings.